The van der Waals surface area contributed by atoms with Gasteiger partial charge in [-0.2, -0.15) is 10.2 Å². The zero-order valence-electron chi connectivity index (χ0n) is 34.1. The van der Waals surface area contributed by atoms with Gasteiger partial charge in [0.05, 0.1) is 39.3 Å². The second-order valence-corrected chi connectivity index (χ2v) is 20.2. The number of carboxylic acids is 1. The molecular formula is C45H53FN8O3S. The summed E-state index contributed by atoms with van der Waals surface area (Å²) in [6, 6.07) is 8.74. The number of rotatable bonds is 11. The first kappa shape index (κ1) is 37.9. The molecule has 304 valence electrons. The van der Waals surface area contributed by atoms with Gasteiger partial charge in [0.2, 0.25) is 0 Å². The Bertz CT molecular complexity index is 2420. The number of likely N-dealkylation sites (tertiary alicyclic amines) is 1. The summed E-state index contributed by atoms with van der Waals surface area (Å²) in [6.07, 6.45) is 13.5. The van der Waals surface area contributed by atoms with E-state index in [4.69, 9.17) is 14.8 Å². The van der Waals surface area contributed by atoms with Gasteiger partial charge < -0.3 is 19.6 Å². The molecule has 4 aliphatic carbocycles. The van der Waals surface area contributed by atoms with Crippen LogP contribution in [-0.2, 0) is 24.1 Å². The number of carbonyl (C=O) groups is 1. The molecule has 58 heavy (non-hydrogen) atoms. The highest BCUT2D eigenvalue weighted by atomic mass is 32.1. The number of hydrogen-bond acceptors (Lipinski definition) is 10. The molecule has 1 aromatic carbocycles. The molecule has 2 unspecified atom stereocenters. The Hall–Kier alpha value is -4.33. The molecule has 1 N–H and O–H groups in total. The molecule has 4 bridgehead atoms. The Morgan fingerprint density at radius 1 is 0.931 bits per heavy atom. The zero-order valence-corrected chi connectivity index (χ0v) is 34.9. The Balaban J connectivity index is 0.905. The number of benzene rings is 1. The van der Waals surface area contributed by atoms with E-state index in [1.54, 1.807) is 6.07 Å². The van der Waals surface area contributed by atoms with Crippen molar-refractivity contribution in [1.29, 1.82) is 0 Å². The minimum absolute atomic E-state index is 0.00294. The van der Waals surface area contributed by atoms with Crippen molar-refractivity contribution < 1.29 is 19.0 Å². The molecule has 1 saturated heterocycles. The third kappa shape index (κ3) is 6.61. The number of halogens is 1. The van der Waals surface area contributed by atoms with Crippen LogP contribution in [0.4, 0.5) is 16.0 Å². The number of ether oxygens (including phenoxy) is 1. The van der Waals surface area contributed by atoms with E-state index in [1.165, 1.54) is 62.6 Å². The lowest BCUT2D eigenvalue weighted by atomic mass is 9.39. The normalized spacial score (nSPS) is 27.8. The molecular weight excluding hydrogens is 752 g/mol. The smallest absolute Gasteiger partial charge is 0.355 e. The van der Waals surface area contributed by atoms with Crippen molar-refractivity contribution in [3.63, 3.8) is 0 Å². The van der Waals surface area contributed by atoms with Gasteiger partial charge in [0.1, 0.15) is 11.6 Å². The van der Waals surface area contributed by atoms with Gasteiger partial charge in [-0.25, -0.2) is 19.2 Å². The highest BCUT2D eigenvalue weighted by molar-refractivity contribution is 7.18. The molecule has 0 amide bonds. The van der Waals surface area contributed by atoms with E-state index in [0.29, 0.717) is 40.4 Å². The van der Waals surface area contributed by atoms with E-state index in [0.717, 1.165) is 84.9 Å². The molecule has 6 heterocycles. The van der Waals surface area contributed by atoms with Crippen molar-refractivity contribution in [2.75, 3.05) is 37.7 Å². The van der Waals surface area contributed by atoms with Crippen molar-refractivity contribution in [3.8, 4) is 11.1 Å². The molecule has 5 aromatic rings. The van der Waals surface area contributed by atoms with Crippen molar-refractivity contribution in [3.05, 3.63) is 75.6 Å². The van der Waals surface area contributed by atoms with Gasteiger partial charge in [0.25, 0.3) is 0 Å². The molecule has 4 aromatic heterocycles. The second-order valence-electron chi connectivity index (χ2n) is 19.1. The van der Waals surface area contributed by atoms with Crippen LogP contribution in [0.3, 0.4) is 0 Å². The first-order chi connectivity index (χ1) is 27.8. The summed E-state index contributed by atoms with van der Waals surface area (Å²) in [5.74, 6) is -0.127. The van der Waals surface area contributed by atoms with Gasteiger partial charge >= 0.3 is 5.97 Å². The second kappa shape index (κ2) is 13.9. The molecule has 0 spiro atoms. The van der Waals surface area contributed by atoms with Crippen LogP contribution in [0.2, 0.25) is 0 Å². The van der Waals surface area contributed by atoms with Gasteiger partial charge in [-0.05, 0) is 137 Å². The van der Waals surface area contributed by atoms with E-state index in [1.807, 2.05) is 36.2 Å². The van der Waals surface area contributed by atoms with Crippen molar-refractivity contribution in [2.24, 2.45) is 16.2 Å². The lowest BCUT2D eigenvalue weighted by molar-refractivity contribution is -0.248. The average Bonchev–Trinajstić information content (AvgIpc) is 3.92. The Kier molecular flexibility index (Phi) is 9.07. The fraction of sp³-hybridized carbons (Fsp3) is 0.556. The van der Waals surface area contributed by atoms with Crippen LogP contribution in [0.1, 0.15) is 110 Å². The molecule has 0 radical (unpaired) electrons. The van der Waals surface area contributed by atoms with Gasteiger partial charge in [-0.1, -0.05) is 19.9 Å². The van der Waals surface area contributed by atoms with E-state index in [2.05, 4.69) is 45.5 Å². The van der Waals surface area contributed by atoms with Crippen molar-refractivity contribution in [2.45, 2.75) is 110 Å². The summed E-state index contributed by atoms with van der Waals surface area (Å²) in [5.41, 5.74) is 6.32. The standard InChI is InChI=1S/C45H53FN8O3S/c1-28-30-9-8-16-53(40(30)51-50-35(28)19-37-48-34-11-7-10-33(46)39(34)58-37)36-13-12-31(38(49-36)41(55)56)32-20-47-54(29(32)2)27-44-22-42(3)21-43(4,23-44)25-45(24-42,26-44)57-18-17-52-14-5-6-15-52/h7,10-13,20H,5-6,8-9,14-19,21-27H2,1-4H3,(H,55,56). The summed E-state index contributed by atoms with van der Waals surface area (Å²) >= 11 is 1.35. The van der Waals surface area contributed by atoms with Crippen LogP contribution >= 0.6 is 11.3 Å². The number of thiazole rings is 1. The van der Waals surface area contributed by atoms with Crippen LogP contribution < -0.4 is 4.90 Å². The summed E-state index contributed by atoms with van der Waals surface area (Å²) in [7, 11) is 0. The van der Waals surface area contributed by atoms with Crippen LogP contribution in [-0.4, -0.2) is 84.3 Å². The van der Waals surface area contributed by atoms with Crippen LogP contribution in [0.15, 0.2) is 36.5 Å². The van der Waals surface area contributed by atoms with Gasteiger partial charge in [0, 0.05) is 48.4 Å². The van der Waals surface area contributed by atoms with E-state index in [9.17, 15) is 14.3 Å². The molecule has 11 nitrogen and oxygen atoms in total. The molecule has 11 rings (SSSR count). The SMILES string of the molecule is Cc1c(Cc2nc3cccc(F)c3s2)nnc2c1CCCN2c1ccc(-c2cnn(CC34CC5(C)CC(C)(C3)CC(OCCN3CCCC3)(C5)C4)c2C)c(C(=O)O)n1. The number of anilines is 2. The van der Waals surface area contributed by atoms with E-state index in [-0.39, 0.29) is 33.4 Å². The number of carboxylic acid groups (broad SMARTS) is 1. The lowest BCUT2D eigenvalue weighted by Gasteiger charge is -2.69. The van der Waals surface area contributed by atoms with Crippen LogP contribution in [0.5, 0.6) is 0 Å². The van der Waals surface area contributed by atoms with Crippen molar-refractivity contribution >= 4 is 39.2 Å². The maximum Gasteiger partial charge on any atom is 0.355 e. The number of nitrogens with zero attached hydrogens (tertiary/aromatic N) is 8. The third-order valence-corrected chi connectivity index (χ3v) is 15.2. The fourth-order valence-corrected chi connectivity index (χ4v) is 13.9. The summed E-state index contributed by atoms with van der Waals surface area (Å²) in [4.78, 5) is 26.9. The fourth-order valence-electron chi connectivity index (χ4n) is 12.9. The third-order valence-electron chi connectivity index (χ3n) is 14.1. The van der Waals surface area contributed by atoms with Crippen molar-refractivity contribution in [1.82, 2.24) is 34.8 Å². The number of hydrogen-bond donors (Lipinski definition) is 1. The summed E-state index contributed by atoms with van der Waals surface area (Å²) in [6.45, 7) is 14.8. The minimum Gasteiger partial charge on any atom is -0.476 e. The number of aromatic nitrogens is 6. The number of aromatic carboxylic acids is 1. The quantitative estimate of drug-likeness (QED) is 0.139. The van der Waals surface area contributed by atoms with Crippen LogP contribution in [0.25, 0.3) is 21.3 Å². The Morgan fingerprint density at radius 2 is 1.72 bits per heavy atom. The molecule has 2 atom stereocenters. The minimum atomic E-state index is -1.08. The highest BCUT2D eigenvalue weighted by Gasteiger charge is 2.66. The zero-order chi connectivity index (χ0) is 40.0. The van der Waals surface area contributed by atoms with Crippen LogP contribution in [0, 0.1) is 35.9 Å². The predicted molar refractivity (Wildman–Crippen MR) is 222 cm³/mol. The average molecular weight is 805 g/mol. The van der Waals surface area contributed by atoms with Gasteiger partial charge in [-0.15, -0.1) is 16.4 Å². The number of pyridine rings is 1. The first-order valence-electron chi connectivity index (χ1n) is 21.1. The summed E-state index contributed by atoms with van der Waals surface area (Å²) < 4.78 is 24.1. The lowest BCUT2D eigenvalue weighted by Crippen LogP contribution is -2.64. The maximum atomic E-state index is 14.4. The van der Waals surface area contributed by atoms with E-state index < -0.39 is 5.97 Å². The van der Waals surface area contributed by atoms with E-state index >= 15 is 0 Å². The largest absolute Gasteiger partial charge is 0.476 e. The molecule has 2 aliphatic heterocycles. The Morgan fingerprint density at radius 3 is 2.48 bits per heavy atom. The maximum absolute atomic E-state index is 14.4. The monoisotopic (exact) mass is 804 g/mol. The highest BCUT2D eigenvalue weighted by Crippen LogP contribution is 2.72. The first-order valence-corrected chi connectivity index (χ1v) is 21.9. The molecule has 4 saturated carbocycles. The Labute approximate surface area is 343 Å². The van der Waals surface area contributed by atoms with Gasteiger partial charge in [0.15, 0.2) is 11.5 Å². The van der Waals surface area contributed by atoms with Gasteiger partial charge in [-0.3, -0.25) is 4.68 Å². The molecule has 6 aliphatic rings. The summed E-state index contributed by atoms with van der Waals surface area (Å²) in [5, 5.41) is 25.6. The predicted octanol–water partition coefficient (Wildman–Crippen LogP) is 8.71. The number of fused-ring (bicyclic) bond motifs is 2. The topological polar surface area (TPSA) is 122 Å². The molecule has 13 heteroatoms. The molecule has 5 fully saturated rings.